The van der Waals surface area contributed by atoms with E-state index in [1.807, 2.05) is 0 Å². The standard InChI is InChI=1S/C22H21Cl2IO6/c1-4-29-21(26)16(22(27)30-5-2)8-13-9-18(25)20(19(10-13)28-3)31-12-14-6-7-15(23)11-17(14)24/h6-11H,4-5,12H2,1-3H3. The second-order valence-electron chi connectivity index (χ2n) is 6.06. The molecule has 0 unspecified atom stereocenters. The zero-order valence-corrected chi connectivity index (χ0v) is 20.8. The molecule has 0 atom stereocenters. The fourth-order valence-corrected chi connectivity index (χ4v) is 3.78. The number of halogens is 3. The molecule has 9 heteroatoms. The Hall–Kier alpha value is -1.97. The van der Waals surface area contributed by atoms with Crippen molar-refractivity contribution in [2.75, 3.05) is 20.3 Å². The maximum atomic E-state index is 12.2. The lowest BCUT2D eigenvalue weighted by Gasteiger charge is -2.15. The smallest absolute Gasteiger partial charge is 0.345 e. The van der Waals surface area contributed by atoms with Gasteiger partial charge >= 0.3 is 11.9 Å². The topological polar surface area (TPSA) is 71.1 Å². The van der Waals surface area contributed by atoms with Crippen molar-refractivity contribution in [2.24, 2.45) is 0 Å². The summed E-state index contributed by atoms with van der Waals surface area (Å²) < 4.78 is 22.0. The normalized spacial score (nSPS) is 10.3. The van der Waals surface area contributed by atoms with Crippen LogP contribution in [0.25, 0.3) is 6.08 Å². The Labute approximate surface area is 204 Å². The van der Waals surface area contributed by atoms with Crippen LogP contribution < -0.4 is 9.47 Å². The van der Waals surface area contributed by atoms with Gasteiger partial charge < -0.3 is 18.9 Å². The minimum Gasteiger partial charge on any atom is -0.493 e. The van der Waals surface area contributed by atoms with Gasteiger partial charge in [0.15, 0.2) is 11.5 Å². The van der Waals surface area contributed by atoms with Crippen molar-refractivity contribution in [3.05, 3.63) is 60.6 Å². The summed E-state index contributed by atoms with van der Waals surface area (Å²) in [6.07, 6.45) is 1.40. The highest BCUT2D eigenvalue weighted by Gasteiger charge is 2.22. The summed E-state index contributed by atoms with van der Waals surface area (Å²) in [6, 6.07) is 8.56. The number of benzene rings is 2. The first-order valence-electron chi connectivity index (χ1n) is 9.30. The van der Waals surface area contributed by atoms with Crippen LogP contribution in [0.5, 0.6) is 11.5 Å². The number of hydrogen-bond donors (Lipinski definition) is 0. The fourth-order valence-electron chi connectivity index (χ4n) is 2.54. The van der Waals surface area contributed by atoms with E-state index in [-0.39, 0.29) is 25.4 Å². The summed E-state index contributed by atoms with van der Waals surface area (Å²) in [5.41, 5.74) is 1.11. The minimum absolute atomic E-state index is 0.135. The van der Waals surface area contributed by atoms with Crippen LogP contribution in [0.4, 0.5) is 0 Å². The van der Waals surface area contributed by atoms with Gasteiger partial charge in [-0.2, -0.15) is 0 Å². The molecule has 0 N–H and O–H groups in total. The average molecular weight is 579 g/mol. The highest BCUT2D eigenvalue weighted by molar-refractivity contribution is 14.1. The number of esters is 2. The molecular weight excluding hydrogens is 558 g/mol. The minimum atomic E-state index is -0.757. The van der Waals surface area contributed by atoms with E-state index in [1.165, 1.54) is 13.2 Å². The van der Waals surface area contributed by atoms with E-state index in [0.29, 0.717) is 30.7 Å². The Kier molecular flexibility index (Phi) is 9.93. The predicted molar refractivity (Wildman–Crippen MR) is 128 cm³/mol. The van der Waals surface area contributed by atoms with Crippen molar-refractivity contribution in [2.45, 2.75) is 20.5 Å². The molecule has 0 aliphatic heterocycles. The van der Waals surface area contributed by atoms with Crippen LogP contribution >= 0.6 is 45.8 Å². The fraction of sp³-hybridized carbons (Fsp3) is 0.273. The second-order valence-corrected chi connectivity index (χ2v) is 8.06. The maximum Gasteiger partial charge on any atom is 0.345 e. The molecular formula is C22H21Cl2IO6. The zero-order valence-electron chi connectivity index (χ0n) is 17.2. The highest BCUT2D eigenvalue weighted by Crippen LogP contribution is 2.36. The van der Waals surface area contributed by atoms with Crippen molar-refractivity contribution in [1.82, 2.24) is 0 Å². The van der Waals surface area contributed by atoms with Crippen LogP contribution in [0.3, 0.4) is 0 Å². The summed E-state index contributed by atoms with van der Waals surface area (Å²) in [5.74, 6) is -0.587. The van der Waals surface area contributed by atoms with Crippen LogP contribution in [0.1, 0.15) is 25.0 Å². The van der Waals surface area contributed by atoms with Gasteiger partial charge in [-0.3, -0.25) is 0 Å². The molecule has 0 bridgehead atoms. The van der Waals surface area contributed by atoms with Crippen molar-refractivity contribution in [3.63, 3.8) is 0 Å². The molecule has 2 aromatic carbocycles. The van der Waals surface area contributed by atoms with E-state index >= 15 is 0 Å². The SMILES string of the molecule is CCOC(=O)C(=Cc1cc(I)c(OCc2ccc(Cl)cc2Cl)c(OC)c1)C(=O)OCC. The van der Waals surface area contributed by atoms with Crippen LogP contribution in [0.2, 0.25) is 10.0 Å². The highest BCUT2D eigenvalue weighted by atomic mass is 127. The number of carbonyl (C=O) groups is 2. The molecule has 0 aliphatic carbocycles. The lowest BCUT2D eigenvalue weighted by atomic mass is 10.1. The van der Waals surface area contributed by atoms with Gasteiger partial charge in [-0.05, 0) is 72.3 Å². The average Bonchev–Trinajstić information content (AvgIpc) is 2.72. The summed E-state index contributed by atoms with van der Waals surface area (Å²) in [5, 5.41) is 1.03. The number of rotatable bonds is 9. The molecule has 2 aromatic rings. The predicted octanol–water partition coefficient (Wildman–Crippen LogP) is 5.70. The maximum absolute atomic E-state index is 12.2. The number of ether oxygens (including phenoxy) is 4. The van der Waals surface area contributed by atoms with Crippen LogP contribution in [-0.4, -0.2) is 32.3 Å². The first kappa shape index (κ1) is 25.3. The lowest BCUT2D eigenvalue weighted by molar-refractivity contribution is -0.146. The molecule has 0 saturated carbocycles. The van der Waals surface area contributed by atoms with E-state index in [2.05, 4.69) is 22.6 Å². The third kappa shape index (κ3) is 7.02. The second kappa shape index (κ2) is 12.2. The number of methoxy groups -OCH3 is 1. The quantitative estimate of drug-likeness (QED) is 0.125. The summed E-state index contributed by atoms with van der Waals surface area (Å²) in [4.78, 5) is 24.4. The Balaban J connectivity index is 2.36. The van der Waals surface area contributed by atoms with Crippen LogP contribution in [0, 0.1) is 3.57 Å². The summed E-state index contributed by atoms with van der Waals surface area (Å²) in [6.45, 7) is 3.79. The number of hydrogen-bond acceptors (Lipinski definition) is 6. The van der Waals surface area contributed by atoms with Gasteiger partial charge in [0, 0.05) is 15.6 Å². The molecule has 0 saturated heterocycles. The third-order valence-electron chi connectivity index (χ3n) is 3.94. The lowest BCUT2D eigenvalue weighted by Crippen LogP contribution is -2.18. The van der Waals surface area contributed by atoms with Crippen molar-refractivity contribution >= 4 is 63.8 Å². The van der Waals surface area contributed by atoms with Crippen LogP contribution in [0.15, 0.2) is 35.9 Å². The molecule has 0 radical (unpaired) electrons. The van der Waals surface area contributed by atoms with E-state index in [4.69, 9.17) is 42.1 Å². The van der Waals surface area contributed by atoms with Crippen molar-refractivity contribution < 1.29 is 28.5 Å². The largest absolute Gasteiger partial charge is 0.493 e. The van der Waals surface area contributed by atoms with Crippen molar-refractivity contribution in [3.8, 4) is 11.5 Å². The van der Waals surface area contributed by atoms with Gasteiger partial charge in [0.05, 0.1) is 23.9 Å². The Morgan fingerprint density at radius 2 is 1.68 bits per heavy atom. The zero-order chi connectivity index (χ0) is 23.0. The Bertz CT molecular complexity index is 970. The third-order valence-corrected chi connectivity index (χ3v) is 5.33. The van der Waals surface area contributed by atoms with Gasteiger partial charge in [-0.25, -0.2) is 9.59 Å². The van der Waals surface area contributed by atoms with Gasteiger partial charge in [-0.1, -0.05) is 29.3 Å². The monoisotopic (exact) mass is 578 g/mol. The number of carbonyl (C=O) groups excluding carboxylic acids is 2. The van der Waals surface area contributed by atoms with Gasteiger partial charge in [-0.15, -0.1) is 0 Å². The summed E-state index contributed by atoms with van der Waals surface area (Å²) >= 11 is 14.2. The van der Waals surface area contributed by atoms with Gasteiger partial charge in [0.2, 0.25) is 0 Å². The molecule has 0 heterocycles. The van der Waals surface area contributed by atoms with Gasteiger partial charge in [0.25, 0.3) is 0 Å². The van der Waals surface area contributed by atoms with E-state index in [1.54, 1.807) is 44.2 Å². The van der Waals surface area contributed by atoms with Crippen molar-refractivity contribution in [1.29, 1.82) is 0 Å². The molecule has 6 nitrogen and oxygen atoms in total. The molecule has 166 valence electrons. The molecule has 31 heavy (non-hydrogen) atoms. The molecule has 0 spiro atoms. The molecule has 0 fully saturated rings. The van der Waals surface area contributed by atoms with E-state index < -0.39 is 11.9 Å². The van der Waals surface area contributed by atoms with E-state index in [0.717, 1.165) is 5.56 Å². The Morgan fingerprint density at radius 1 is 1.03 bits per heavy atom. The van der Waals surface area contributed by atoms with E-state index in [9.17, 15) is 9.59 Å². The molecule has 0 amide bonds. The van der Waals surface area contributed by atoms with Crippen LogP contribution in [-0.2, 0) is 25.7 Å². The summed E-state index contributed by atoms with van der Waals surface area (Å²) in [7, 11) is 1.50. The first-order valence-corrected chi connectivity index (χ1v) is 11.1. The Morgan fingerprint density at radius 3 is 2.23 bits per heavy atom. The first-order chi connectivity index (χ1) is 14.8. The van der Waals surface area contributed by atoms with Gasteiger partial charge in [0.1, 0.15) is 12.2 Å². The molecule has 2 rings (SSSR count). The molecule has 0 aromatic heterocycles. The molecule has 0 aliphatic rings.